The Hall–Kier alpha value is -2.81. The normalized spacial score (nSPS) is 21.2. The zero-order valence-corrected chi connectivity index (χ0v) is 18.2. The molecule has 1 saturated carbocycles. The fourth-order valence-electron chi connectivity index (χ4n) is 3.85. The molecule has 0 spiro atoms. The summed E-state index contributed by atoms with van der Waals surface area (Å²) in [7, 11) is 0. The number of nitrogens with one attached hydrogen (secondary N) is 2. The van der Waals surface area contributed by atoms with Crippen molar-refractivity contribution in [3.05, 3.63) is 52.6 Å². The van der Waals surface area contributed by atoms with E-state index in [1.807, 2.05) is 0 Å². The number of alkyl halides is 2. The van der Waals surface area contributed by atoms with E-state index in [9.17, 15) is 18.4 Å². The third-order valence-electron chi connectivity index (χ3n) is 6.35. The standard InChI is InChI=1S/C23H28F2N4O3/c1-22(2,21(31)28-19-7-6-17(12-26-19)32-14-15-3-4-15)29-10-9-23(24,25)18(13-29)16-5-8-20(30)27-11-16/h5-8,11-12,15,18H,3-4,9-10,13-14H2,1-2H3,(H,27,30)(H,26,28,31). The third-order valence-corrected chi connectivity index (χ3v) is 6.35. The number of carbonyl (C=O) groups excluding carboxylic acids is 1. The van der Waals surface area contributed by atoms with Gasteiger partial charge in [-0.3, -0.25) is 14.5 Å². The van der Waals surface area contributed by atoms with Crippen LogP contribution in [0.5, 0.6) is 5.75 Å². The van der Waals surface area contributed by atoms with E-state index in [-0.39, 0.29) is 31.0 Å². The Labute approximate surface area is 185 Å². The largest absolute Gasteiger partial charge is 0.492 e. The molecule has 2 fully saturated rings. The number of aromatic nitrogens is 2. The Bertz CT molecular complexity index is 998. The third kappa shape index (κ3) is 4.98. The van der Waals surface area contributed by atoms with Crippen molar-refractivity contribution in [3.8, 4) is 5.75 Å². The molecule has 2 aliphatic rings. The van der Waals surface area contributed by atoms with Gasteiger partial charge in [0.05, 0.1) is 24.3 Å². The number of amides is 1. The number of halogens is 2. The maximum absolute atomic E-state index is 14.7. The summed E-state index contributed by atoms with van der Waals surface area (Å²) in [6.07, 6.45) is 4.91. The Balaban J connectivity index is 1.42. The van der Waals surface area contributed by atoms with Gasteiger partial charge in [0, 0.05) is 31.8 Å². The van der Waals surface area contributed by atoms with Gasteiger partial charge in [-0.2, -0.15) is 0 Å². The average Bonchev–Trinajstić information content (AvgIpc) is 3.58. The molecule has 1 saturated heterocycles. The highest BCUT2D eigenvalue weighted by atomic mass is 19.3. The van der Waals surface area contributed by atoms with Gasteiger partial charge < -0.3 is 15.0 Å². The molecule has 0 bridgehead atoms. The second kappa shape index (κ2) is 8.61. The molecule has 7 nitrogen and oxygen atoms in total. The molecular weight excluding hydrogens is 418 g/mol. The maximum Gasteiger partial charge on any atom is 0.257 e. The summed E-state index contributed by atoms with van der Waals surface area (Å²) in [4.78, 5) is 32.8. The van der Waals surface area contributed by atoms with E-state index in [0.717, 1.165) is 0 Å². The van der Waals surface area contributed by atoms with Gasteiger partial charge in [-0.15, -0.1) is 0 Å². The maximum atomic E-state index is 14.7. The second-order valence-corrected chi connectivity index (χ2v) is 9.14. The van der Waals surface area contributed by atoms with Gasteiger partial charge in [0.15, 0.2) is 0 Å². The van der Waals surface area contributed by atoms with E-state index >= 15 is 0 Å². The van der Waals surface area contributed by atoms with Gasteiger partial charge in [-0.1, -0.05) is 6.07 Å². The molecule has 3 heterocycles. The van der Waals surface area contributed by atoms with Crippen LogP contribution in [0.3, 0.4) is 0 Å². The van der Waals surface area contributed by atoms with E-state index in [4.69, 9.17) is 4.74 Å². The first-order chi connectivity index (χ1) is 15.1. The Kier molecular flexibility index (Phi) is 6.03. The van der Waals surface area contributed by atoms with E-state index in [0.29, 0.717) is 29.7 Å². The van der Waals surface area contributed by atoms with Crippen LogP contribution < -0.4 is 15.6 Å². The van der Waals surface area contributed by atoms with Crippen LogP contribution in [0.15, 0.2) is 41.5 Å². The molecule has 1 amide bonds. The number of anilines is 1. The van der Waals surface area contributed by atoms with Crippen molar-refractivity contribution in [2.45, 2.75) is 50.5 Å². The quantitative estimate of drug-likeness (QED) is 0.681. The summed E-state index contributed by atoms with van der Waals surface area (Å²) in [6, 6.07) is 6.09. The molecule has 2 N–H and O–H groups in total. The smallest absolute Gasteiger partial charge is 0.257 e. The van der Waals surface area contributed by atoms with Crippen molar-refractivity contribution in [1.29, 1.82) is 0 Å². The molecule has 1 atom stereocenters. The van der Waals surface area contributed by atoms with Crippen LogP contribution in [0.25, 0.3) is 0 Å². The summed E-state index contributed by atoms with van der Waals surface area (Å²) in [5, 5.41) is 2.78. The highest BCUT2D eigenvalue weighted by Gasteiger charge is 2.49. The van der Waals surface area contributed by atoms with Crippen molar-refractivity contribution in [2.24, 2.45) is 5.92 Å². The first-order valence-corrected chi connectivity index (χ1v) is 10.9. The molecule has 2 aromatic rings. The number of rotatable bonds is 7. The number of likely N-dealkylation sites (tertiary alicyclic amines) is 1. The van der Waals surface area contributed by atoms with E-state index in [1.165, 1.54) is 31.2 Å². The van der Waals surface area contributed by atoms with Gasteiger partial charge in [-0.05, 0) is 50.3 Å². The minimum Gasteiger partial charge on any atom is -0.492 e. The number of aromatic amines is 1. The topological polar surface area (TPSA) is 87.3 Å². The monoisotopic (exact) mass is 446 g/mol. The fourth-order valence-corrected chi connectivity index (χ4v) is 3.85. The minimum atomic E-state index is -2.93. The molecule has 9 heteroatoms. The van der Waals surface area contributed by atoms with E-state index in [2.05, 4.69) is 15.3 Å². The summed E-state index contributed by atoms with van der Waals surface area (Å²) >= 11 is 0. The SMILES string of the molecule is CC(C)(C(=O)Nc1ccc(OCC2CC2)cn1)N1CCC(F)(F)C(c2ccc(=O)[nH]c2)C1. The van der Waals surface area contributed by atoms with Crippen molar-refractivity contribution >= 4 is 11.7 Å². The van der Waals surface area contributed by atoms with Crippen LogP contribution in [-0.2, 0) is 4.79 Å². The minimum absolute atomic E-state index is 0.0131. The number of pyridine rings is 2. The van der Waals surface area contributed by atoms with Gasteiger partial charge in [0.2, 0.25) is 11.5 Å². The summed E-state index contributed by atoms with van der Waals surface area (Å²) < 4.78 is 35.0. The summed E-state index contributed by atoms with van der Waals surface area (Å²) in [5.41, 5.74) is -1.04. The lowest BCUT2D eigenvalue weighted by Crippen LogP contribution is -2.58. The lowest BCUT2D eigenvalue weighted by atomic mass is 9.85. The van der Waals surface area contributed by atoms with Crippen LogP contribution in [0.4, 0.5) is 14.6 Å². The first-order valence-electron chi connectivity index (χ1n) is 10.9. The Morgan fingerprint density at radius 2 is 2.09 bits per heavy atom. The van der Waals surface area contributed by atoms with Gasteiger partial charge >= 0.3 is 0 Å². The molecule has 0 aromatic carbocycles. The van der Waals surface area contributed by atoms with Crippen molar-refractivity contribution in [2.75, 3.05) is 25.0 Å². The number of hydrogen-bond donors (Lipinski definition) is 2. The van der Waals surface area contributed by atoms with Gasteiger partial charge in [-0.25, -0.2) is 13.8 Å². The zero-order chi connectivity index (χ0) is 22.9. The predicted molar refractivity (Wildman–Crippen MR) is 116 cm³/mol. The van der Waals surface area contributed by atoms with Crippen LogP contribution in [-0.4, -0.2) is 51.9 Å². The molecule has 4 rings (SSSR count). The molecule has 1 unspecified atom stereocenters. The van der Waals surface area contributed by atoms with E-state index < -0.39 is 17.4 Å². The van der Waals surface area contributed by atoms with Crippen molar-refractivity contribution in [3.63, 3.8) is 0 Å². The van der Waals surface area contributed by atoms with Crippen LogP contribution in [0.2, 0.25) is 0 Å². The summed E-state index contributed by atoms with van der Waals surface area (Å²) in [6.45, 7) is 4.16. The molecule has 32 heavy (non-hydrogen) atoms. The molecule has 1 aliphatic carbocycles. The number of piperidine rings is 1. The first kappa shape index (κ1) is 22.4. The van der Waals surface area contributed by atoms with Crippen LogP contribution in [0.1, 0.15) is 44.6 Å². The second-order valence-electron chi connectivity index (χ2n) is 9.14. The number of nitrogens with zero attached hydrogens (tertiary/aromatic N) is 2. The van der Waals surface area contributed by atoms with Crippen LogP contribution in [0, 0.1) is 5.92 Å². The number of ether oxygens (including phenoxy) is 1. The molecule has 0 radical (unpaired) electrons. The zero-order valence-electron chi connectivity index (χ0n) is 18.2. The number of H-pyrrole nitrogens is 1. The molecule has 2 aromatic heterocycles. The van der Waals surface area contributed by atoms with Gasteiger partial charge in [0.25, 0.3) is 5.92 Å². The lowest BCUT2D eigenvalue weighted by Gasteiger charge is -2.45. The molecule has 172 valence electrons. The highest BCUT2D eigenvalue weighted by molar-refractivity contribution is 5.96. The highest BCUT2D eigenvalue weighted by Crippen LogP contribution is 2.41. The number of hydrogen-bond acceptors (Lipinski definition) is 5. The Morgan fingerprint density at radius 1 is 1.31 bits per heavy atom. The van der Waals surface area contributed by atoms with Crippen LogP contribution >= 0.6 is 0 Å². The van der Waals surface area contributed by atoms with Crippen molar-refractivity contribution in [1.82, 2.24) is 14.9 Å². The van der Waals surface area contributed by atoms with E-state index in [1.54, 1.807) is 37.1 Å². The predicted octanol–water partition coefficient (Wildman–Crippen LogP) is 3.40. The van der Waals surface area contributed by atoms with Crippen molar-refractivity contribution < 1.29 is 18.3 Å². The van der Waals surface area contributed by atoms with Gasteiger partial charge in [0.1, 0.15) is 11.6 Å². The Morgan fingerprint density at radius 3 is 2.72 bits per heavy atom. The fraction of sp³-hybridized carbons (Fsp3) is 0.522. The molecular formula is C23H28F2N4O3. The summed E-state index contributed by atoms with van der Waals surface area (Å²) in [5.74, 6) is -2.73. The molecule has 1 aliphatic heterocycles. The lowest BCUT2D eigenvalue weighted by molar-refractivity contribution is -0.134. The average molecular weight is 446 g/mol. The number of carbonyl (C=O) groups is 1.